The predicted octanol–water partition coefficient (Wildman–Crippen LogP) is 3.14. The van der Waals surface area contributed by atoms with E-state index in [-0.39, 0.29) is 30.6 Å². The van der Waals surface area contributed by atoms with E-state index in [0.29, 0.717) is 16.8 Å². The highest BCUT2D eigenvalue weighted by Crippen LogP contribution is 2.30. The molecule has 0 saturated carbocycles. The summed E-state index contributed by atoms with van der Waals surface area (Å²) in [6, 6.07) is 11.7. The lowest BCUT2D eigenvalue weighted by Gasteiger charge is -2.29. The first-order valence-corrected chi connectivity index (χ1v) is 7.99. The Kier molecular flexibility index (Phi) is 3.53. The molecule has 4 rings (SSSR count). The number of hydrogen-bond acceptors (Lipinski definition) is 2. The third-order valence-electron chi connectivity index (χ3n) is 4.48. The number of amides is 2. The SMILES string of the molecule is Cc1[nH]c2ccc(F)cc2c1CC(=O)N1CC(=O)Nc2ccccc21. The molecule has 3 aromatic rings. The van der Waals surface area contributed by atoms with Gasteiger partial charge in [0.25, 0.3) is 0 Å². The average molecular weight is 337 g/mol. The summed E-state index contributed by atoms with van der Waals surface area (Å²) >= 11 is 0. The minimum Gasteiger partial charge on any atom is -0.358 e. The minimum absolute atomic E-state index is 0.0222. The number of halogens is 1. The Hall–Kier alpha value is -3.15. The van der Waals surface area contributed by atoms with Crippen LogP contribution < -0.4 is 10.2 Å². The number of aromatic nitrogens is 1. The Morgan fingerprint density at radius 1 is 1.24 bits per heavy atom. The molecule has 2 aromatic carbocycles. The van der Waals surface area contributed by atoms with Gasteiger partial charge < -0.3 is 15.2 Å². The highest BCUT2D eigenvalue weighted by atomic mass is 19.1. The molecule has 0 aliphatic carbocycles. The Morgan fingerprint density at radius 2 is 2.04 bits per heavy atom. The third kappa shape index (κ3) is 2.65. The van der Waals surface area contributed by atoms with Crippen LogP contribution in [0.5, 0.6) is 0 Å². The van der Waals surface area contributed by atoms with Gasteiger partial charge >= 0.3 is 0 Å². The van der Waals surface area contributed by atoms with Crippen LogP contribution in [0.3, 0.4) is 0 Å². The number of hydrogen-bond donors (Lipinski definition) is 2. The summed E-state index contributed by atoms with van der Waals surface area (Å²) in [6.07, 6.45) is 0.0941. The number of rotatable bonds is 2. The molecule has 126 valence electrons. The number of aryl methyl sites for hydroxylation is 1. The van der Waals surface area contributed by atoms with Crippen molar-refractivity contribution in [3.8, 4) is 0 Å². The van der Waals surface area contributed by atoms with E-state index in [9.17, 15) is 14.0 Å². The number of nitrogens with zero attached hydrogens (tertiary/aromatic N) is 1. The average Bonchev–Trinajstić information content (AvgIpc) is 2.89. The lowest BCUT2D eigenvalue weighted by molar-refractivity contribution is -0.121. The Bertz CT molecular complexity index is 1010. The zero-order chi connectivity index (χ0) is 17.6. The molecule has 2 heterocycles. The number of H-pyrrole nitrogens is 1. The number of aromatic amines is 1. The third-order valence-corrected chi connectivity index (χ3v) is 4.48. The van der Waals surface area contributed by atoms with Crippen LogP contribution in [0.25, 0.3) is 10.9 Å². The largest absolute Gasteiger partial charge is 0.358 e. The van der Waals surface area contributed by atoms with E-state index in [4.69, 9.17) is 0 Å². The number of nitrogens with one attached hydrogen (secondary N) is 2. The van der Waals surface area contributed by atoms with Crippen LogP contribution in [0.2, 0.25) is 0 Å². The second-order valence-corrected chi connectivity index (χ2v) is 6.14. The van der Waals surface area contributed by atoms with Crippen molar-refractivity contribution in [2.75, 3.05) is 16.8 Å². The van der Waals surface area contributed by atoms with Gasteiger partial charge in [-0.1, -0.05) is 12.1 Å². The van der Waals surface area contributed by atoms with Gasteiger partial charge in [-0.3, -0.25) is 9.59 Å². The standard InChI is InChI=1S/C19H16FN3O2/c1-11-13(14-8-12(20)6-7-15(14)21-11)9-19(25)23-10-18(24)22-16-4-2-3-5-17(16)23/h2-8,21H,9-10H2,1H3,(H,22,24). The molecule has 2 amide bonds. The van der Waals surface area contributed by atoms with Crippen LogP contribution in [-0.4, -0.2) is 23.3 Å². The molecule has 5 nitrogen and oxygen atoms in total. The van der Waals surface area contributed by atoms with Gasteiger partial charge in [0.1, 0.15) is 12.4 Å². The second kappa shape index (κ2) is 5.73. The quantitative estimate of drug-likeness (QED) is 0.754. The fourth-order valence-corrected chi connectivity index (χ4v) is 3.28. The van der Waals surface area contributed by atoms with Crippen LogP contribution >= 0.6 is 0 Å². The van der Waals surface area contributed by atoms with E-state index < -0.39 is 0 Å². The highest BCUT2D eigenvalue weighted by Gasteiger charge is 2.27. The summed E-state index contributed by atoms with van der Waals surface area (Å²) in [7, 11) is 0. The van der Waals surface area contributed by atoms with E-state index in [1.165, 1.54) is 17.0 Å². The first kappa shape index (κ1) is 15.4. The topological polar surface area (TPSA) is 65.2 Å². The summed E-state index contributed by atoms with van der Waals surface area (Å²) < 4.78 is 13.6. The molecule has 0 saturated heterocycles. The molecule has 0 fully saturated rings. The molecule has 1 aliphatic rings. The monoisotopic (exact) mass is 337 g/mol. The molecule has 2 N–H and O–H groups in total. The van der Waals surface area contributed by atoms with Crippen molar-refractivity contribution in [2.45, 2.75) is 13.3 Å². The summed E-state index contributed by atoms with van der Waals surface area (Å²) in [5.41, 5.74) is 3.66. The van der Waals surface area contributed by atoms with Gasteiger partial charge in [0.05, 0.1) is 17.8 Å². The maximum Gasteiger partial charge on any atom is 0.244 e. The van der Waals surface area contributed by atoms with Gasteiger partial charge in [0.2, 0.25) is 11.8 Å². The number of fused-ring (bicyclic) bond motifs is 2. The van der Waals surface area contributed by atoms with Gasteiger partial charge in [0, 0.05) is 16.6 Å². The first-order chi connectivity index (χ1) is 12.0. The minimum atomic E-state index is -0.345. The van der Waals surface area contributed by atoms with Crippen molar-refractivity contribution in [1.29, 1.82) is 0 Å². The van der Waals surface area contributed by atoms with E-state index in [1.54, 1.807) is 24.3 Å². The van der Waals surface area contributed by atoms with Crippen LogP contribution in [0.1, 0.15) is 11.3 Å². The first-order valence-electron chi connectivity index (χ1n) is 7.99. The van der Waals surface area contributed by atoms with Crippen molar-refractivity contribution in [1.82, 2.24) is 4.98 Å². The maximum absolute atomic E-state index is 13.6. The van der Waals surface area contributed by atoms with Gasteiger partial charge in [-0.15, -0.1) is 0 Å². The molecule has 25 heavy (non-hydrogen) atoms. The summed E-state index contributed by atoms with van der Waals surface area (Å²) in [5, 5.41) is 3.46. The van der Waals surface area contributed by atoms with Crippen LogP contribution in [0, 0.1) is 12.7 Å². The summed E-state index contributed by atoms with van der Waals surface area (Å²) in [5.74, 6) is -0.771. The zero-order valence-electron chi connectivity index (χ0n) is 13.6. The second-order valence-electron chi connectivity index (χ2n) is 6.14. The van der Waals surface area contributed by atoms with Crippen molar-refractivity contribution in [2.24, 2.45) is 0 Å². The van der Waals surface area contributed by atoms with Crippen molar-refractivity contribution in [3.05, 3.63) is 59.5 Å². The molecule has 0 spiro atoms. The number of carbonyl (C=O) groups excluding carboxylic acids is 2. The van der Waals surface area contributed by atoms with Crippen molar-refractivity contribution >= 4 is 34.1 Å². The smallest absolute Gasteiger partial charge is 0.244 e. The van der Waals surface area contributed by atoms with Gasteiger partial charge in [-0.25, -0.2) is 4.39 Å². The number of benzene rings is 2. The van der Waals surface area contributed by atoms with E-state index in [2.05, 4.69) is 10.3 Å². The van der Waals surface area contributed by atoms with Gasteiger partial charge in [-0.2, -0.15) is 0 Å². The van der Waals surface area contributed by atoms with Crippen molar-refractivity contribution in [3.63, 3.8) is 0 Å². The van der Waals surface area contributed by atoms with E-state index in [0.717, 1.165) is 16.8 Å². The molecule has 1 aromatic heterocycles. The van der Waals surface area contributed by atoms with Gasteiger partial charge in [-0.05, 0) is 42.8 Å². The Morgan fingerprint density at radius 3 is 2.88 bits per heavy atom. The molecule has 6 heteroatoms. The Labute approximate surface area is 143 Å². The summed E-state index contributed by atoms with van der Waals surface area (Å²) in [6.45, 7) is 1.84. The number of anilines is 2. The lowest BCUT2D eigenvalue weighted by Crippen LogP contribution is -2.42. The molecule has 0 radical (unpaired) electrons. The maximum atomic E-state index is 13.6. The van der Waals surface area contributed by atoms with Gasteiger partial charge in [0.15, 0.2) is 0 Å². The van der Waals surface area contributed by atoms with Crippen LogP contribution in [0.15, 0.2) is 42.5 Å². The lowest BCUT2D eigenvalue weighted by atomic mass is 10.1. The normalized spacial score (nSPS) is 13.7. The van der Waals surface area contributed by atoms with E-state index >= 15 is 0 Å². The molecule has 0 bridgehead atoms. The zero-order valence-corrected chi connectivity index (χ0v) is 13.6. The summed E-state index contributed by atoms with van der Waals surface area (Å²) in [4.78, 5) is 29.5. The van der Waals surface area contributed by atoms with E-state index in [1.807, 2.05) is 13.0 Å². The molecular weight excluding hydrogens is 321 g/mol. The number of para-hydroxylation sites is 2. The predicted molar refractivity (Wildman–Crippen MR) is 94.1 cm³/mol. The molecule has 0 atom stereocenters. The fraction of sp³-hybridized carbons (Fsp3) is 0.158. The molecular formula is C19H16FN3O2. The highest BCUT2D eigenvalue weighted by molar-refractivity contribution is 6.10. The van der Waals surface area contributed by atoms with Crippen LogP contribution in [0.4, 0.5) is 15.8 Å². The number of carbonyl (C=O) groups is 2. The molecule has 0 unspecified atom stereocenters. The Balaban J connectivity index is 1.71. The fourth-order valence-electron chi connectivity index (χ4n) is 3.28. The molecule has 1 aliphatic heterocycles. The van der Waals surface area contributed by atoms with Crippen LogP contribution in [-0.2, 0) is 16.0 Å². The van der Waals surface area contributed by atoms with Crippen molar-refractivity contribution < 1.29 is 14.0 Å².